The number of H-pyrrole nitrogens is 1. The smallest absolute Gasteiger partial charge is 0.119 e. The maximum Gasteiger partial charge on any atom is 0.119 e. The van der Waals surface area contributed by atoms with Crippen LogP contribution in [0.5, 0.6) is 5.75 Å². The molecule has 1 aromatic carbocycles. The van der Waals surface area contributed by atoms with Crippen LogP contribution in [0.4, 0.5) is 0 Å². The van der Waals surface area contributed by atoms with Crippen molar-refractivity contribution in [2.75, 3.05) is 19.7 Å². The highest BCUT2D eigenvalue weighted by Crippen LogP contribution is 2.27. The summed E-state index contributed by atoms with van der Waals surface area (Å²) in [6, 6.07) is 10.6. The minimum absolute atomic E-state index is 0.501. The normalized spacial score (nSPS) is 17.3. The summed E-state index contributed by atoms with van der Waals surface area (Å²) in [6.07, 6.45) is 6.04. The van der Waals surface area contributed by atoms with Gasteiger partial charge in [0.15, 0.2) is 0 Å². The van der Waals surface area contributed by atoms with Crippen molar-refractivity contribution in [3.05, 3.63) is 65.2 Å². The van der Waals surface area contributed by atoms with Crippen LogP contribution in [0.15, 0.2) is 42.7 Å². The largest absolute Gasteiger partial charge is 0.493 e. The summed E-state index contributed by atoms with van der Waals surface area (Å²) >= 11 is 0. The fraction of sp³-hybridized carbons (Fsp3) is 0.478. The van der Waals surface area contributed by atoms with E-state index in [9.17, 15) is 0 Å². The third-order valence-electron chi connectivity index (χ3n) is 5.69. The van der Waals surface area contributed by atoms with Gasteiger partial charge >= 0.3 is 0 Å². The van der Waals surface area contributed by atoms with Crippen molar-refractivity contribution in [3.8, 4) is 5.75 Å². The monoisotopic (exact) mass is 393 g/mol. The zero-order valence-electron chi connectivity index (χ0n) is 17.6. The van der Waals surface area contributed by atoms with Crippen molar-refractivity contribution >= 4 is 0 Å². The molecule has 1 saturated heterocycles. The first-order chi connectivity index (χ1) is 14.1. The third-order valence-corrected chi connectivity index (χ3v) is 5.69. The van der Waals surface area contributed by atoms with E-state index in [-0.39, 0.29) is 0 Å². The Morgan fingerprint density at radius 3 is 2.79 bits per heavy atom. The van der Waals surface area contributed by atoms with Crippen molar-refractivity contribution in [1.29, 1.82) is 0 Å². The van der Waals surface area contributed by atoms with Crippen molar-refractivity contribution in [1.82, 2.24) is 24.9 Å². The number of aromatic nitrogens is 4. The number of ether oxygens (including phenoxy) is 1. The van der Waals surface area contributed by atoms with Crippen LogP contribution >= 0.6 is 0 Å². The van der Waals surface area contributed by atoms with E-state index < -0.39 is 0 Å². The summed E-state index contributed by atoms with van der Waals surface area (Å²) in [5.74, 6) is 1.97. The van der Waals surface area contributed by atoms with Gasteiger partial charge in [-0.1, -0.05) is 26.0 Å². The Morgan fingerprint density at radius 2 is 2.07 bits per heavy atom. The van der Waals surface area contributed by atoms with Crippen LogP contribution in [0.2, 0.25) is 0 Å². The van der Waals surface area contributed by atoms with Crippen LogP contribution in [-0.2, 0) is 20.0 Å². The molecular formula is C23H31N5O. The van der Waals surface area contributed by atoms with Crippen molar-refractivity contribution < 1.29 is 4.74 Å². The van der Waals surface area contributed by atoms with Crippen LogP contribution in [0.25, 0.3) is 0 Å². The number of hydrogen-bond acceptors (Lipinski definition) is 4. The van der Waals surface area contributed by atoms with Gasteiger partial charge in [-0.15, -0.1) is 0 Å². The van der Waals surface area contributed by atoms with E-state index in [4.69, 9.17) is 4.74 Å². The van der Waals surface area contributed by atoms with E-state index in [2.05, 4.69) is 70.6 Å². The van der Waals surface area contributed by atoms with Crippen LogP contribution in [0.1, 0.15) is 54.6 Å². The van der Waals surface area contributed by atoms with Gasteiger partial charge in [-0.2, -0.15) is 10.2 Å². The number of nitrogens with one attached hydrogen (secondary N) is 1. The molecule has 154 valence electrons. The maximum atomic E-state index is 5.90. The maximum absolute atomic E-state index is 5.90. The Kier molecular flexibility index (Phi) is 6.00. The van der Waals surface area contributed by atoms with Gasteiger partial charge < -0.3 is 4.74 Å². The average molecular weight is 394 g/mol. The molecule has 0 amide bonds. The second kappa shape index (κ2) is 8.82. The zero-order chi connectivity index (χ0) is 20.2. The lowest BCUT2D eigenvalue weighted by Gasteiger charge is -2.13. The molecule has 3 heterocycles. The number of nitrogens with zero attached hydrogens (tertiary/aromatic N) is 4. The molecule has 1 unspecified atom stereocenters. The highest BCUT2D eigenvalue weighted by molar-refractivity contribution is 5.29. The van der Waals surface area contributed by atoms with E-state index in [1.165, 1.54) is 16.8 Å². The van der Waals surface area contributed by atoms with E-state index in [1.807, 2.05) is 17.9 Å². The number of likely N-dealkylation sites (tertiary alicyclic amines) is 1. The first-order valence-electron chi connectivity index (χ1n) is 10.5. The first kappa shape index (κ1) is 19.7. The minimum Gasteiger partial charge on any atom is -0.493 e. The summed E-state index contributed by atoms with van der Waals surface area (Å²) < 4.78 is 7.77. The van der Waals surface area contributed by atoms with Crippen LogP contribution in [0, 0.1) is 0 Å². The Bertz CT molecular complexity index is 912. The highest BCUT2D eigenvalue weighted by atomic mass is 16.5. The summed E-state index contributed by atoms with van der Waals surface area (Å²) in [5.41, 5.74) is 4.93. The van der Waals surface area contributed by atoms with Gasteiger partial charge in [-0.05, 0) is 42.6 Å². The molecular weight excluding hydrogens is 362 g/mol. The SMILES string of the molecule is CC(C)c1ccc(OCCc2cc(C3CCN(Cc4cnn(C)c4)C3)n[nH]2)cc1. The molecule has 4 rings (SSSR count). The molecule has 1 fully saturated rings. The fourth-order valence-electron chi connectivity index (χ4n) is 3.97. The standard InChI is InChI=1S/C23H31N5O/c1-17(2)19-4-6-22(7-5-19)29-11-9-21-12-23(26-25-21)20-8-10-28(16-20)15-18-13-24-27(3)14-18/h4-7,12-14,17,20H,8-11,15-16H2,1-3H3,(H,25,26). The highest BCUT2D eigenvalue weighted by Gasteiger charge is 2.26. The number of aromatic amines is 1. The van der Waals surface area contributed by atoms with E-state index in [1.54, 1.807) is 0 Å². The van der Waals surface area contributed by atoms with Gasteiger partial charge in [0.2, 0.25) is 0 Å². The van der Waals surface area contributed by atoms with Gasteiger partial charge in [0.1, 0.15) is 5.75 Å². The van der Waals surface area contributed by atoms with Crippen molar-refractivity contribution in [3.63, 3.8) is 0 Å². The van der Waals surface area contributed by atoms with Gasteiger partial charge in [-0.25, -0.2) is 0 Å². The fourth-order valence-corrected chi connectivity index (χ4v) is 3.97. The van der Waals surface area contributed by atoms with Crippen LogP contribution < -0.4 is 4.74 Å². The molecule has 1 aliphatic rings. The van der Waals surface area contributed by atoms with Gasteiger partial charge in [-0.3, -0.25) is 14.7 Å². The molecule has 0 bridgehead atoms. The molecule has 1 N–H and O–H groups in total. The molecule has 1 atom stereocenters. The lowest BCUT2D eigenvalue weighted by Crippen LogP contribution is -2.19. The molecule has 6 nitrogen and oxygen atoms in total. The second-order valence-electron chi connectivity index (χ2n) is 8.38. The zero-order valence-corrected chi connectivity index (χ0v) is 17.6. The molecule has 3 aromatic rings. The Balaban J connectivity index is 1.24. The summed E-state index contributed by atoms with van der Waals surface area (Å²) in [7, 11) is 1.96. The number of aryl methyl sites for hydroxylation is 1. The van der Waals surface area contributed by atoms with Gasteiger partial charge in [0, 0.05) is 49.9 Å². The van der Waals surface area contributed by atoms with Crippen LogP contribution in [0.3, 0.4) is 0 Å². The molecule has 2 aromatic heterocycles. The summed E-state index contributed by atoms with van der Waals surface area (Å²) in [5, 5.41) is 12.0. The number of benzene rings is 1. The molecule has 0 spiro atoms. The molecule has 0 radical (unpaired) electrons. The Labute approximate surface area is 172 Å². The number of hydrogen-bond donors (Lipinski definition) is 1. The Morgan fingerprint density at radius 1 is 1.24 bits per heavy atom. The summed E-state index contributed by atoms with van der Waals surface area (Å²) in [6.45, 7) is 8.18. The minimum atomic E-state index is 0.501. The van der Waals surface area contributed by atoms with Crippen molar-refractivity contribution in [2.24, 2.45) is 7.05 Å². The predicted octanol–water partition coefficient (Wildman–Crippen LogP) is 3.88. The van der Waals surface area contributed by atoms with Gasteiger partial charge in [0.05, 0.1) is 18.5 Å². The van der Waals surface area contributed by atoms with Crippen molar-refractivity contribution in [2.45, 2.75) is 45.1 Å². The molecule has 6 heteroatoms. The van der Waals surface area contributed by atoms with E-state index in [0.29, 0.717) is 18.4 Å². The quantitative estimate of drug-likeness (QED) is 0.631. The lowest BCUT2D eigenvalue weighted by atomic mass is 10.0. The molecule has 29 heavy (non-hydrogen) atoms. The second-order valence-corrected chi connectivity index (χ2v) is 8.38. The number of rotatable bonds is 8. The summed E-state index contributed by atoms with van der Waals surface area (Å²) in [4.78, 5) is 2.49. The third kappa shape index (κ3) is 5.07. The molecule has 1 aliphatic heterocycles. The average Bonchev–Trinajstić information content (AvgIpc) is 3.44. The van der Waals surface area contributed by atoms with Crippen LogP contribution in [-0.4, -0.2) is 44.6 Å². The lowest BCUT2D eigenvalue weighted by molar-refractivity contribution is 0.320. The van der Waals surface area contributed by atoms with E-state index >= 15 is 0 Å². The molecule has 0 saturated carbocycles. The Hall–Kier alpha value is -2.60. The predicted molar refractivity (Wildman–Crippen MR) is 114 cm³/mol. The molecule has 0 aliphatic carbocycles. The van der Waals surface area contributed by atoms with E-state index in [0.717, 1.165) is 43.9 Å². The first-order valence-corrected chi connectivity index (χ1v) is 10.5. The van der Waals surface area contributed by atoms with Gasteiger partial charge in [0.25, 0.3) is 0 Å². The topological polar surface area (TPSA) is 59.0 Å².